The highest BCUT2D eigenvalue weighted by Gasteiger charge is 2.23. The molecule has 1 amide bonds. The lowest BCUT2D eigenvalue weighted by Crippen LogP contribution is -2.38. The molecule has 0 saturated carbocycles. The molecule has 2 aromatic rings. The second kappa shape index (κ2) is 8.99. The minimum absolute atomic E-state index is 0.165. The number of esters is 1. The van der Waals surface area contributed by atoms with Crippen molar-refractivity contribution in [1.29, 1.82) is 0 Å². The molecule has 0 N–H and O–H groups in total. The van der Waals surface area contributed by atoms with E-state index in [4.69, 9.17) is 9.47 Å². The molecule has 0 atom stereocenters. The highest BCUT2D eigenvalue weighted by Crippen LogP contribution is 2.22. The maximum atomic E-state index is 12.4. The third-order valence-corrected chi connectivity index (χ3v) is 3.87. The van der Waals surface area contributed by atoms with E-state index < -0.39 is 17.7 Å². The van der Waals surface area contributed by atoms with Crippen LogP contribution in [0, 0.1) is 0 Å². The summed E-state index contributed by atoms with van der Waals surface area (Å²) in [7, 11) is 0. The van der Waals surface area contributed by atoms with Crippen LogP contribution in [0.4, 0.5) is 4.79 Å². The van der Waals surface area contributed by atoms with Crippen molar-refractivity contribution in [1.82, 2.24) is 9.88 Å². The molecule has 0 saturated heterocycles. The molecular weight excluding hydrogens is 412 g/mol. The molecule has 0 fully saturated rings. The van der Waals surface area contributed by atoms with Crippen molar-refractivity contribution < 1.29 is 19.1 Å². The van der Waals surface area contributed by atoms with Gasteiger partial charge in [-0.2, -0.15) is 0 Å². The van der Waals surface area contributed by atoms with Gasteiger partial charge in [-0.15, -0.1) is 0 Å². The maximum absolute atomic E-state index is 12.4. The monoisotopic (exact) mass is 434 g/mol. The molecule has 1 heterocycles. The molecule has 1 aromatic heterocycles. The van der Waals surface area contributed by atoms with Crippen molar-refractivity contribution >= 4 is 28.0 Å². The van der Waals surface area contributed by atoms with Gasteiger partial charge in [-0.3, -0.25) is 14.7 Å². The minimum Gasteiger partial charge on any atom is -0.444 e. The molecule has 0 spiro atoms. The number of carbonyl (C=O) groups is 2. The summed E-state index contributed by atoms with van der Waals surface area (Å²) in [6, 6.07) is 9.73. The lowest BCUT2D eigenvalue weighted by atomic mass is 10.1. The van der Waals surface area contributed by atoms with E-state index >= 15 is 0 Å². The van der Waals surface area contributed by atoms with Crippen molar-refractivity contribution in [3.63, 3.8) is 0 Å². The molecule has 0 bridgehead atoms. The number of halogens is 1. The van der Waals surface area contributed by atoms with Crippen LogP contribution in [0.5, 0.6) is 0 Å². The molecule has 2 rings (SSSR count). The van der Waals surface area contributed by atoms with Crippen LogP contribution in [0.3, 0.4) is 0 Å². The van der Waals surface area contributed by atoms with Crippen LogP contribution in [0.15, 0.2) is 47.2 Å². The highest BCUT2D eigenvalue weighted by atomic mass is 79.9. The first-order valence-corrected chi connectivity index (χ1v) is 9.24. The molecule has 1 aromatic carbocycles. The smallest absolute Gasteiger partial charge is 0.413 e. The number of carbonyl (C=O) groups excluding carboxylic acids is 2. The van der Waals surface area contributed by atoms with Gasteiger partial charge in [0.25, 0.3) is 0 Å². The van der Waals surface area contributed by atoms with Gasteiger partial charge in [0.2, 0.25) is 0 Å². The van der Waals surface area contributed by atoms with Gasteiger partial charge in [0, 0.05) is 29.4 Å². The Balaban J connectivity index is 2.13. The minimum atomic E-state index is -0.636. The Morgan fingerprint density at radius 2 is 1.78 bits per heavy atom. The molecule has 0 aliphatic heterocycles. The van der Waals surface area contributed by atoms with E-state index in [1.165, 1.54) is 11.8 Å². The van der Waals surface area contributed by atoms with Gasteiger partial charge >= 0.3 is 12.1 Å². The van der Waals surface area contributed by atoms with Crippen LogP contribution in [0.2, 0.25) is 0 Å². The van der Waals surface area contributed by atoms with Crippen LogP contribution in [0.25, 0.3) is 11.1 Å². The molecule has 0 aliphatic rings. The first-order valence-electron chi connectivity index (χ1n) is 8.45. The maximum Gasteiger partial charge on any atom is 0.413 e. The predicted molar refractivity (Wildman–Crippen MR) is 106 cm³/mol. The number of benzene rings is 1. The van der Waals surface area contributed by atoms with Crippen molar-refractivity contribution in [2.24, 2.45) is 0 Å². The third kappa shape index (κ3) is 7.02. The summed E-state index contributed by atoms with van der Waals surface area (Å²) >= 11 is 3.41. The standard InChI is InChI=1S/C20H23BrN2O4/c1-14(24)26-13-23(19(25)27-20(2,3)4)12-15-5-7-16(8-6-15)17-9-18(21)11-22-10-17/h5-11H,12-13H2,1-4H3. The third-order valence-electron chi connectivity index (χ3n) is 3.44. The fourth-order valence-corrected chi connectivity index (χ4v) is 2.62. The number of hydrogen-bond donors (Lipinski definition) is 0. The Labute approximate surface area is 167 Å². The number of nitrogens with zero attached hydrogens (tertiary/aromatic N) is 2. The van der Waals surface area contributed by atoms with Crippen LogP contribution in [0.1, 0.15) is 33.3 Å². The van der Waals surface area contributed by atoms with Crippen molar-refractivity contribution in [3.05, 3.63) is 52.8 Å². The average molecular weight is 435 g/mol. The van der Waals surface area contributed by atoms with Crippen LogP contribution < -0.4 is 0 Å². The van der Waals surface area contributed by atoms with Gasteiger partial charge < -0.3 is 9.47 Å². The number of hydrogen-bond acceptors (Lipinski definition) is 5. The number of pyridine rings is 1. The second-order valence-electron chi connectivity index (χ2n) is 7.03. The summed E-state index contributed by atoms with van der Waals surface area (Å²) in [4.78, 5) is 29.0. The Morgan fingerprint density at radius 1 is 1.11 bits per heavy atom. The topological polar surface area (TPSA) is 68.7 Å². The van der Waals surface area contributed by atoms with Crippen molar-refractivity contribution in [3.8, 4) is 11.1 Å². The molecular formula is C20H23BrN2O4. The molecule has 6 nitrogen and oxygen atoms in total. The largest absolute Gasteiger partial charge is 0.444 e. The van der Waals surface area contributed by atoms with E-state index in [0.717, 1.165) is 21.2 Å². The van der Waals surface area contributed by atoms with Gasteiger partial charge in [0.05, 0.1) is 6.54 Å². The Hall–Kier alpha value is -2.41. The summed E-state index contributed by atoms with van der Waals surface area (Å²) < 4.78 is 11.3. The molecule has 0 radical (unpaired) electrons. The number of rotatable bonds is 5. The van der Waals surface area contributed by atoms with Crippen molar-refractivity contribution in [2.45, 2.75) is 39.8 Å². The van der Waals surface area contributed by atoms with E-state index in [-0.39, 0.29) is 13.3 Å². The van der Waals surface area contributed by atoms with Gasteiger partial charge in [0.1, 0.15) is 5.60 Å². The summed E-state index contributed by atoms with van der Waals surface area (Å²) in [6.45, 7) is 6.76. The Kier molecular flexibility index (Phi) is 6.96. The normalized spacial score (nSPS) is 11.0. The Bertz CT molecular complexity index is 800. The van der Waals surface area contributed by atoms with Crippen LogP contribution in [-0.4, -0.2) is 34.3 Å². The van der Waals surface area contributed by atoms with Gasteiger partial charge in [-0.05, 0) is 53.9 Å². The molecule has 27 heavy (non-hydrogen) atoms. The summed E-state index contributed by atoms with van der Waals surface area (Å²) in [5.74, 6) is -0.457. The fourth-order valence-electron chi connectivity index (χ4n) is 2.25. The lowest BCUT2D eigenvalue weighted by molar-refractivity contribution is -0.145. The first kappa shape index (κ1) is 20.9. The average Bonchev–Trinajstić information content (AvgIpc) is 2.57. The number of ether oxygens (including phenoxy) is 2. The fraction of sp³-hybridized carbons (Fsp3) is 0.350. The predicted octanol–water partition coefficient (Wildman–Crippen LogP) is 4.77. The van der Waals surface area contributed by atoms with Crippen LogP contribution >= 0.6 is 15.9 Å². The van der Waals surface area contributed by atoms with Crippen molar-refractivity contribution in [2.75, 3.05) is 6.73 Å². The lowest BCUT2D eigenvalue weighted by Gasteiger charge is -2.27. The highest BCUT2D eigenvalue weighted by molar-refractivity contribution is 9.10. The second-order valence-corrected chi connectivity index (χ2v) is 7.95. The molecule has 144 valence electrons. The zero-order valence-corrected chi connectivity index (χ0v) is 17.4. The number of amides is 1. The van der Waals surface area contributed by atoms with E-state index in [2.05, 4.69) is 20.9 Å². The first-order chi connectivity index (χ1) is 12.6. The van der Waals surface area contributed by atoms with Gasteiger partial charge in [0.15, 0.2) is 6.73 Å². The zero-order chi connectivity index (χ0) is 20.0. The van der Waals surface area contributed by atoms with E-state index in [1.54, 1.807) is 33.2 Å². The van der Waals surface area contributed by atoms with E-state index in [0.29, 0.717) is 0 Å². The van der Waals surface area contributed by atoms with E-state index in [9.17, 15) is 9.59 Å². The molecule has 0 aliphatic carbocycles. The van der Waals surface area contributed by atoms with E-state index in [1.807, 2.05) is 30.3 Å². The van der Waals surface area contributed by atoms with Crippen LogP contribution in [-0.2, 0) is 20.8 Å². The zero-order valence-electron chi connectivity index (χ0n) is 15.9. The quantitative estimate of drug-likeness (QED) is 0.500. The molecule has 0 unspecified atom stereocenters. The summed E-state index contributed by atoms with van der Waals surface area (Å²) in [5.41, 5.74) is 2.25. The SMILES string of the molecule is CC(=O)OCN(Cc1ccc(-c2cncc(Br)c2)cc1)C(=O)OC(C)(C)C. The van der Waals surface area contributed by atoms with Gasteiger partial charge in [-0.25, -0.2) is 4.79 Å². The number of aromatic nitrogens is 1. The summed E-state index contributed by atoms with van der Waals surface area (Å²) in [5, 5.41) is 0. The summed E-state index contributed by atoms with van der Waals surface area (Å²) in [6.07, 6.45) is 2.98. The molecule has 7 heteroatoms. The Morgan fingerprint density at radius 3 is 2.33 bits per heavy atom. The van der Waals surface area contributed by atoms with Gasteiger partial charge in [-0.1, -0.05) is 24.3 Å².